The highest BCUT2D eigenvalue weighted by atomic mass is 35.5. The van der Waals surface area contributed by atoms with E-state index in [0.717, 1.165) is 11.8 Å². The number of anilines is 1. The van der Waals surface area contributed by atoms with E-state index in [4.69, 9.17) is 16.0 Å². The molecule has 1 heterocycles. The van der Waals surface area contributed by atoms with E-state index < -0.39 is 21.5 Å². The Labute approximate surface area is 189 Å². The van der Waals surface area contributed by atoms with Crippen molar-refractivity contribution in [2.24, 2.45) is 0 Å². The van der Waals surface area contributed by atoms with Crippen LogP contribution in [0.3, 0.4) is 0 Å². The van der Waals surface area contributed by atoms with E-state index in [0.29, 0.717) is 16.5 Å². The van der Waals surface area contributed by atoms with Gasteiger partial charge in [0.25, 0.3) is 5.22 Å². The van der Waals surface area contributed by atoms with Crippen LogP contribution in [0.2, 0.25) is 5.02 Å². The van der Waals surface area contributed by atoms with E-state index in [9.17, 15) is 13.2 Å². The maximum atomic E-state index is 12.7. The van der Waals surface area contributed by atoms with Gasteiger partial charge in [0.05, 0.1) is 11.4 Å². The van der Waals surface area contributed by atoms with E-state index >= 15 is 0 Å². The summed E-state index contributed by atoms with van der Waals surface area (Å²) < 4.78 is 33.5. The van der Waals surface area contributed by atoms with Gasteiger partial charge in [0.1, 0.15) is 4.90 Å². The number of hydrogen-bond donors (Lipinski definition) is 2. The zero-order chi connectivity index (χ0) is 22.6. The molecule has 3 rings (SSSR count). The molecular weight excluding hydrogens is 460 g/mol. The Hall–Kier alpha value is -2.40. The van der Waals surface area contributed by atoms with Crippen LogP contribution in [-0.4, -0.2) is 35.8 Å². The van der Waals surface area contributed by atoms with Crippen molar-refractivity contribution >= 4 is 45.0 Å². The summed E-state index contributed by atoms with van der Waals surface area (Å²) in [6, 6.07) is 13.1. The maximum Gasteiger partial charge on any atom is 0.277 e. The van der Waals surface area contributed by atoms with Gasteiger partial charge in [-0.1, -0.05) is 35.5 Å². The highest BCUT2D eigenvalue weighted by molar-refractivity contribution is 7.99. The number of rotatable bonds is 7. The van der Waals surface area contributed by atoms with Crippen molar-refractivity contribution in [2.45, 2.75) is 36.4 Å². The van der Waals surface area contributed by atoms with E-state index in [1.54, 1.807) is 57.2 Å². The molecule has 1 amide bonds. The first-order valence-electron chi connectivity index (χ1n) is 9.19. The fourth-order valence-electron chi connectivity index (χ4n) is 2.55. The molecule has 0 radical (unpaired) electrons. The van der Waals surface area contributed by atoms with Gasteiger partial charge in [0.15, 0.2) is 0 Å². The number of halogens is 1. The third-order valence-corrected chi connectivity index (χ3v) is 6.60. The summed E-state index contributed by atoms with van der Waals surface area (Å²) in [6.45, 7) is 5.22. The van der Waals surface area contributed by atoms with Crippen LogP contribution in [0.1, 0.15) is 20.8 Å². The topological polar surface area (TPSA) is 114 Å². The van der Waals surface area contributed by atoms with Crippen LogP contribution in [0.25, 0.3) is 11.5 Å². The monoisotopic (exact) mass is 480 g/mol. The molecule has 1 aromatic heterocycles. The van der Waals surface area contributed by atoms with Crippen LogP contribution < -0.4 is 10.0 Å². The number of carbonyl (C=O) groups excluding carboxylic acids is 1. The molecule has 0 unspecified atom stereocenters. The van der Waals surface area contributed by atoms with Crippen LogP contribution in [0.4, 0.5) is 5.69 Å². The summed E-state index contributed by atoms with van der Waals surface area (Å²) in [5, 5.41) is 11.3. The predicted molar refractivity (Wildman–Crippen MR) is 121 cm³/mol. The maximum absolute atomic E-state index is 12.7. The first-order chi connectivity index (χ1) is 14.5. The first kappa shape index (κ1) is 23.3. The van der Waals surface area contributed by atoms with Crippen molar-refractivity contribution < 1.29 is 17.6 Å². The number of nitrogens with zero attached hydrogens (tertiary/aromatic N) is 2. The van der Waals surface area contributed by atoms with Gasteiger partial charge in [-0.05, 0) is 57.2 Å². The molecule has 0 atom stereocenters. The lowest BCUT2D eigenvalue weighted by Crippen LogP contribution is -2.40. The molecular formula is C20H21ClN4O4S2. The normalized spacial score (nSPS) is 12.0. The standard InChI is InChI=1S/C20H21ClN4O4S2/c1-20(2,3)25-31(27,28)16-7-5-4-6-15(16)22-17(26)12-30-19-24-23-18(29-19)13-8-10-14(21)11-9-13/h4-11,25H,12H2,1-3H3,(H,22,26). The quantitative estimate of drug-likeness (QED) is 0.487. The molecule has 0 spiro atoms. The lowest BCUT2D eigenvalue weighted by Gasteiger charge is -2.21. The molecule has 0 saturated heterocycles. The van der Waals surface area contributed by atoms with Gasteiger partial charge in [0.2, 0.25) is 21.8 Å². The van der Waals surface area contributed by atoms with E-state index in [-0.39, 0.29) is 21.6 Å². The van der Waals surface area contributed by atoms with Crippen LogP contribution in [0.5, 0.6) is 0 Å². The zero-order valence-corrected chi connectivity index (χ0v) is 19.4. The minimum absolute atomic E-state index is 0.00825. The Balaban J connectivity index is 1.65. The molecule has 31 heavy (non-hydrogen) atoms. The van der Waals surface area contributed by atoms with Crippen molar-refractivity contribution in [3.05, 3.63) is 53.6 Å². The molecule has 0 bridgehead atoms. The third kappa shape index (κ3) is 6.54. The lowest BCUT2D eigenvalue weighted by atomic mass is 10.1. The third-order valence-electron chi connectivity index (χ3n) is 3.72. The molecule has 11 heteroatoms. The number of hydrogen-bond acceptors (Lipinski definition) is 7. The average Bonchev–Trinajstić information content (AvgIpc) is 3.14. The van der Waals surface area contributed by atoms with Gasteiger partial charge < -0.3 is 9.73 Å². The summed E-state index contributed by atoms with van der Waals surface area (Å²) >= 11 is 6.92. The molecule has 2 N–H and O–H groups in total. The number of benzene rings is 2. The van der Waals surface area contributed by atoms with Crippen LogP contribution in [0.15, 0.2) is 63.1 Å². The van der Waals surface area contributed by atoms with Gasteiger partial charge in [-0.15, -0.1) is 10.2 Å². The van der Waals surface area contributed by atoms with Crippen molar-refractivity contribution in [3.8, 4) is 11.5 Å². The second-order valence-corrected chi connectivity index (χ2v) is 10.6. The molecule has 3 aromatic rings. The number of para-hydroxylation sites is 1. The van der Waals surface area contributed by atoms with Gasteiger partial charge >= 0.3 is 0 Å². The van der Waals surface area contributed by atoms with E-state index in [1.807, 2.05) is 0 Å². The number of carbonyl (C=O) groups is 1. The van der Waals surface area contributed by atoms with Gasteiger partial charge in [-0.3, -0.25) is 4.79 Å². The Kier molecular flexibility index (Phi) is 7.05. The summed E-state index contributed by atoms with van der Waals surface area (Å²) in [5.41, 5.74) is 0.238. The summed E-state index contributed by atoms with van der Waals surface area (Å²) in [7, 11) is -3.81. The number of sulfonamides is 1. The van der Waals surface area contributed by atoms with Crippen LogP contribution in [0, 0.1) is 0 Å². The van der Waals surface area contributed by atoms with Crippen LogP contribution in [-0.2, 0) is 14.8 Å². The molecule has 0 aliphatic rings. The highest BCUT2D eigenvalue weighted by Crippen LogP contribution is 2.26. The number of aromatic nitrogens is 2. The van der Waals surface area contributed by atoms with E-state index in [1.165, 1.54) is 12.1 Å². The second kappa shape index (κ2) is 9.39. The summed E-state index contributed by atoms with van der Waals surface area (Å²) in [4.78, 5) is 12.4. The van der Waals surface area contributed by atoms with Gasteiger partial charge in [-0.2, -0.15) is 0 Å². The predicted octanol–water partition coefficient (Wildman–Crippen LogP) is 4.20. The SMILES string of the molecule is CC(C)(C)NS(=O)(=O)c1ccccc1NC(=O)CSc1nnc(-c2ccc(Cl)cc2)o1. The van der Waals surface area contributed by atoms with Crippen molar-refractivity contribution in [1.82, 2.24) is 14.9 Å². The molecule has 8 nitrogen and oxygen atoms in total. The van der Waals surface area contributed by atoms with Gasteiger partial charge in [-0.25, -0.2) is 13.1 Å². The second-order valence-electron chi connectivity index (χ2n) is 7.57. The number of thioether (sulfide) groups is 1. The van der Waals surface area contributed by atoms with Crippen LogP contribution >= 0.6 is 23.4 Å². The number of amides is 1. The fourth-order valence-corrected chi connectivity index (χ4v) is 4.82. The zero-order valence-electron chi connectivity index (χ0n) is 17.0. The smallest absolute Gasteiger partial charge is 0.277 e. The first-order valence-corrected chi connectivity index (χ1v) is 12.0. The molecule has 164 valence electrons. The fraction of sp³-hybridized carbons (Fsp3) is 0.250. The molecule has 0 aliphatic heterocycles. The Morgan fingerprint density at radius 3 is 2.45 bits per heavy atom. The summed E-state index contributed by atoms with van der Waals surface area (Å²) in [5.74, 6) is -0.137. The largest absolute Gasteiger partial charge is 0.411 e. The summed E-state index contributed by atoms with van der Waals surface area (Å²) in [6.07, 6.45) is 0. The Bertz CT molecular complexity index is 1170. The van der Waals surface area contributed by atoms with Crippen molar-refractivity contribution in [1.29, 1.82) is 0 Å². The lowest BCUT2D eigenvalue weighted by molar-refractivity contribution is -0.113. The Morgan fingerprint density at radius 1 is 1.10 bits per heavy atom. The molecule has 2 aromatic carbocycles. The van der Waals surface area contributed by atoms with E-state index in [2.05, 4.69) is 20.2 Å². The van der Waals surface area contributed by atoms with Crippen molar-refractivity contribution in [3.63, 3.8) is 0 Å². The molecule has 0 aliphatic carbocycles. The highest BCUT2D eigenvalue weighted by Gasteiger charge is 2.25. The average molecular weight is 481 g/mol. The van der Waals surface area contributed by atoms with Gasteiger partial charge in [0, 0.05) is 16.1 Å². The number of nitrogens with one attached hydrogen (secondary N) is 2. The Morgan fingerprint density at radius 2 is 1.77 bits per heavy atom. The van der Waals surface area contributed by atoms with Crippen molar-refractivity contribution in [2.75, 3.05) is 11.1 Å². The molecule has 0 saturated carbocycles. The molecule has 0 fully saturated rings. The minimum atomic E-state index is -3.81. The minimum Gasteiger partial charge on any atom is -0.411 e.